The molecule has 354 valence electrons. The SMILES string of the molecule is CC(C)CC(C)(OC(=O)N1CCC1)C(=O)NC(c1nc2cc(-c3ccc(-c4ccc5[nH]c([C@@H](NC(=O)C(C)(CC(C)C)OC(=O)N6CCC6)C(C)(C)C)nc5c4)cc3)ccc2[nH]1)C(C)(C)C. The Morgan fingerprint density at radius 2 is 0.894 bits per heavy atom. The molecule has 14 nitrogen and oxygen atoms in total. The van der Waals surface area contributed by atoms with Gasteiger partial charge in [0.25, 0.3) is 11.8 Å². The second-order valence-corrected chi connectivity index (χ2v) is 21.9. The van der Waals surface area contributed by atoms with E-state index < -0.39 is 46.3 Å². The fourth-order valence-corrected chi connectivity index (χ4v) is 8.93. The average Bonchev–Trinajstić information content (AvgIpc) is 3.79. The van der Waals surface area contributed by atoms with Crippen LogP contribution in [0.1, 0.15) is 133 Å². The van der Waals surface area contributed by atoms with E-state index in [2.05, 4.69) is 98.5 Å². The number of H-pyrrole nitrogens is 2. The highest BCUT2D eigenvalue weighted by molar-refractivity contribution is 5.89. The molecule has 2 aromatic heterocycles. The lowest BCUT2D eigenvalue weighted by molar-refractivity contribution is -0.143. The van der Waals surface area contributed by atoms with Crippen LogP contribution >= 0.6 is 0 Å². The first-order chi connectivity index (χ1) is 30.9. The maximum absolute atomic E-state index is 14.1. The standard InChI is InChI=1S/C52H70N8O6/c1-31(2)29-51(11,65-47(63)59-23-13-24-59)45(61)57-41(49(5,6)7)43-53-37-21-19-35(27-39(37)55-43)33-15-17-34(18-16-33)36-20-22-38-40(28-36)56-44(54-38)42(50(8,9)10)58-46(62)52(12,30-32(3)4)66-48(64)60-25-14-26-60/h15-22,27-28,31-32,41-42H,13-14,23-26,29-30H2,1-12H3,(H,53,55)(H,54,56)(H,57,61)(H,58,62)/t41-,42?,51?,52?/m1/s1. The molecular formula is C52H70N8O6. The molecule has 2 saturated heterocycles. The Kier molecular flexibility index (Phi) is 13.4. The van der Waals surface area contributed by atoms with Crippen LogP contribution in [0.2, 0.25) is 0 Å². The molecule has 3 aromatic carbocycles. The average molecular weight is 903 g/mol. The summed E-state index contributed by atoms with van der Waals surface area (Å²) >= 11 is 0. The number of nitrogens with one attached hydrogen (secondary N) is 4. The van der Waals surface area contributed by atoms with E-state index in [1.165, 1.54) is 0 Å². The lowest BCUT2D eigenvalue weighted by Gasteiger charge is -2.38. The van der Waals surface area contributed by atoms with Crippen LogP contribution in [0.4, 0.5) is 9.59 Å². The van der Waals surface area contributed by atoms with E-state index in [4.69, 9.17) is 19.4 Å². The molecule has 4 N–H and O–H groups in total. The zero-order valence-corrected chi connectivity index (χ0v) is 41.0. The number of imidazole rings is 2. The Morgan fingerprint density at radius 3 is 1.18 bits per heavy atom. The van der Waals surface area contributed by atoms with Crippen molar-refractivity contribution in [3.05, 3.63) is 72.3 Å². The van der Waals surface area contributed by atoms with Crippen molar-refractivity contribution < 1.29 is 28.7 Å². The van der Waals surface area contributed by atoms with Gasteiger partial charge in [0.05, 0.1) is 34.2 Å². The van der Waals surface area contributed by atoms with E-state index in [1.54, 1.807) is 23.6 Å². The minimum atomic E-state index is -1.35. The van der Waals surface area contributed by atoms with Crippen molar-refractivity contribution in [2.24, 2.45) is 22.7 Å². The third-order valence-corrected chi connectivity index (χ3v) is 12.8. The number of aromatic amines is 2. The van der Waals surface area contributed by atoms with Gasteiger partial charge in [-0.15, -0.1) is 0 Å². The van der Waals surface area contributed by atoms with Crippen molar-refractivity contribution in [2.75, 3.05) is 26.2 Å². The van der Waals surface area contributed by atoms with Crippen molar-refractivity contribution in [3.63, 3.8) is 0 Å². The number of rotatable bonds is 14. The highest BCUT2D eigenvalue weighted by Gasteiger charge is 2.45. The van der Waals surface area contributed by atoms with Crippen LogP contribution in [0.3, 0.4) is 0 Å². The van der Waals surface area contributed by atoms with E-state index in [0.29, 0.717) is 50.7 Å². The van der Waals surface area contributed by atoms with Gasteiger partial charge < -0.3 is 39.9 Å². The number of aromatic nitrogens is 4. The summed E-state index contributed by atoms with van der Waals surface area (Å²) in [4.78, 5) is 74.2. The largest absolute Gasteiger partial charge is 0.433 e. The van der Waals surface area contributed by atoms with Gasteiger partial charge in [0.1, 0.15) is 11.6 Å². The van der Waals surface area contributed by atoms with E-state index in [9.17, 15) is 19.2 Å². The van der Waals surface area contributed by atoms with E-state index in [1.807, 2.05) is 52.0 Å². The zero-order valence-electron chi connectivity index (χ0n) is 41.0. The minimum absolute atomic E-state index is 0.118. The summed E-state index contributed by atoms with van der Waals surface area (Å²) in [6.07, 6.45) is 1.72. The van der Waals surface area contributed by atoms with Gasteiger partial charge in [-0.05, 0) is 109 Å². The molecule has 0 aliphatic carbocycles. The summed E-state index contributed by atoms with van der Waals surface area (Å²) < 4.78 is 11.9. The number of ether oxygens (including phenoxy) is 2. The van der Waals surface area contributed by atoms with Crippen molar-refractivity contribution in [1.82, 2.24) is 40.4 Å². The number of hydrogen-bond donors (Lipinski definition) is 4. The fourth-order valence-electron chi connectivity index (χ4n) is 8.93. The van der Waals surface area contributed by atoms with Crippen molar-refractivity contribution in [2.45, 2.75) is 132 Å². The van der Waals surface area contributed by atoms with Crippen molar-refractivity contribution in [3.8, 4) is 22.3 Å². The molecule has 2 fully saturated rings. The van der Waals surface area contributed by atoms with Crippen LogP contribution in [0, 0.1) is 22.7 Å². The predicted molar refractivity (Wildman–Crippen MR) is 258 cm³/mol. The number of hydrogen-bond acceptors (Lipinski definition) is 8. The molecule has 4 heterocycles. The van der Waals surface area contributed by atoms with E-state index in [0.717, 1.165) is 57.2 Å². The second-order valence-electron chi connectivity index (χ2n) is 21.9. The predicted octanol–water partition coefficient (Wildman–Crippen LogP) is 10.5. The van der Waals surface area contributed by atoms with Gasteiger partial charge in [-0.1, -0.05) is 106 Å². The summed E-state index contributed by atoms with van der Waals surface area (Å²) in [5, 5.41) is 6.43. The second kappa shape index (κ2) is 18.4. The minimum Gasteiger partial charge on any atom is -0.433 e. The van der Waals surface area contributed by atoms with Gasteiger partial charge in [-0.3, -0.25) is 9.59 Å². The molecule has 0 bridgehead atoms. The van der Waals surface area contributed by atoms with Gasteiger partial charge in [0.15, 0.2) is 11.2 Å². The first-order valence-corrected chi connectivity index (χ1v) is 23.6. The molecule has 0 saturated carbocycles. The Bertz CT molecular complexity index is 2400. The quantitative estimate of drug-likeness (QED) is 0.0852. The molecule has 7 rings (SSSR count). The third kappa shape index (κ3) is 10.5. The topological polar surface area (TPSA) is 175 Å². The van der Waals surface area contributed by atoms with Crippen LogP contribution in [0.25, 0.3) is 44.3 Å². The van der Waals surface area contributed by atoms with Crippen LogP contribution in [-0.4, -0.2) is 91.1 Å². The summed E-state index contributed by atoms with van der Waals surface area (Å²) in [6, 6.07) is 19.6. The van der Waals surface area contributed by atoms with E-state index >= 15 is 0 Å². The number of carbonyl (C=O) groups excluding carboxylic acids is 4. The third-order valence-electron chi connectivity index (χ3n) is 12.8. The Balaban J connectivity index is 1.08. The highest BCUT2D eigenvalue weighted by Crippen LogP contribution is 2.37. The molecule has 0 radical (unpaired) electrons. The number of likely N-dealkylation sites (tertiary alicyclic amines) is 2. The first-order valence-electron chi connectivity index (χ1n) is 23.6. The molecule has 4 amide bonds. The summed E-state index contributed by atoms with van der Waals surface area (Å²) in [5.41, 5.74) is 3.72. The fraction of sp³-hybridized carbons (Fsp3) is 0.538. The summed E-state index contributed by atoms with van der Waals surface area (Å²) in [7, 11) is 0. The maximum Gasteiger partial charge on any atom is 0.410 e. The van der Waals surface area contributed by atoms with Gasteiger partial charge in [-0.2, -0.15) is 0 Å². The van der Waals surface area contributed by atoms with Gasteiger partial charge in [0, 0.05) is 26.2 Å². The maximum atomic E-state index is 14.1. The van der Waals surface area contributed by atoms with Crippen LogP contribution < -0.4 is 10.6 Å². The molecule has 2 aliphatic heterocycles. The lowest BCUT2D eigenvalue weighted by atomic mass is 9.85. The zero-order chi connectivity index (χ0) is 47.9. The van der Waals surface area contributed by atoms with Crippen LogP contribution in [0.15, 0.2) is 60.7 Å². The number of benzene rings is 3. The Labute approximate surface area is 389 Å². The molecule has 4 atom stereocenters. The molecule has 0 spiro atoms. The first kappa shape index (κ1) is 48.0. The van der Waals surface area contributed by atoms with Crippen molar-refractivity contribution >= 4 is 46.1 Å². The molecule has 14 heteroatoms. The number of amides is 4. The normalized spacial score (nSPS) is 17.1. The monoisotopic (exact) mass is 903 g/mol. The van der Waals surface area contributed by atoms with Gasteiger partial charge in [-0.25, -0.2) is 19.6 Å². The molecule has 2 aliphatic rings. The van der Waals surface area contributed by atoms with Crippen LogP contribution in [-0.2, 0) is 19.1 Å². The molecule has 3 unspecified atom stereocenters. The van der Waals surface area contributed by atoms with Crippen molar-refractivity contribution in [1.29, 1.82) is 0 Å². The molecule has 66 heavy (non-hydrogen) atoms. The van der Waals surface area contributed by atoms with E-state index in [-0.39, 0.29) is 23.7 Å². The molecular weight excluding hydrogens is 833 g/mol. The lowest BCUT2D eigenvalue weighted by Crippen LogP contribution is -2.54. The smallest absolute Gasteiger partial charge is 0.410 e. The highest BCUT2D eigenvalue weighted by atomic mass is 16.6. The number of fused-ring (bicyclic) bond motifs is 2. The summed E-state index contributed by atoms with van der Waals surface area (Å²) in [5.74, 6) is 0.790. The van der Waals surface area contributed by atoms with Gasteiger partial charge >= 0.3 is 12.2 Å². The summed E-state index contributed by atoms with van der Waals surface area (Å²) in [6.45, 7) is 26.3. The number of carbonyl (C=O) groups is 4. The Hall–Kier alpha value is -5.92. The molecule has 5 aromatic rings. The van der Waals surface area contributed by atoms with Crippen LogP contribution in [0.5, 0.6) is 0 Å². The van der Waals surface area contributed by atoms with Gasteiger partial charge in [0.2, 0.25) is 0 Å². The number of nitrogens with zero attached hydrogens (tertiary/aromatic N) is 4. The Morgan fingerprint density at radius 1 is 0.561 bits per heavy atom.